The first-order chi connectivity index (χ1) is 13.5. The molecular formula is C20H22O8. The zero-order chi connectivity index (χ0) is 19.7. The molecule has 0 saturated carbocycles. The van der Waals surface area contributed by atoms with Crippen molar-refractivity contribution >= 4 is 0 Å². The predicted molar refractivity (Wildman–Crippen MR) is 95.4 cm³/mol. The molecule has 0 radical (unpaired) electrons. The van der Waals surface area contributed by atoms with E-state index < -0.39 is 37.0 Å². The maximum absolute atomic E-state index is 10.4. The molecule has 2 aliphatic heterocycles. The number of benzene rings is 2. The number of phenols is 2. The van der Waals surface area contributed by atoms with E-state index in [2.05, 4.69) is 0 Å². The molecule has 2 aromatic carbocycles. The van der Waals surface area contributed by atoms with Crippen LogP contribution in [0.15, 0.2) is 48.5 Å². The van der Waals surface area contributed by atoms with Crippen molar-refractivity contribution in [2.24, 2.45) is 0 Å². The minimum atomic E-state index is -0.994. The van der Waals surface area contributed by atoms with Crippen LogP contribution in [0.4, 0.5) is 0 Å². The summed E-state index contributed by atoms with van der Waals surface area (Å²) in [7, 11) is 0. The molecule has 0 aromatic heterocycles. The molecule has 0 aliphatic carbocycles. The first-order valence-electron chi connectivity index (χ1n) is 8.99. The van der Waals surface area contributed by atoms with E-state index in [1.54, 1.807) is 24.3 Å². The number of ether oxygens (including phenoxy) is 4. The van der Waals surface area contributed by atoms with Crippen molar-refractivity contribution in [3.63, 3.8) is 0 Å². The Labute approximate surface area is 161 Å². The van der Waals surface area contributed by atoms with Gasteiger partial charge in [-0.2, -0.15) is 0 Å². The van der Waals surface area contributed by atoms with E-state index in [0.717, 1.165) is 0 Å². The number of aliphatic hydroxyl groups is 2. The summed E-state index contributed by atoms with van der Waals surface area (Å²) >= 11 is 0. The van der Waals surface area contributed by atoms with Crippen molar-refractivity contribution in [3.05, 3.63) is 59.7 Å². The molecule has 6 atom stereocenters. The Morgan fingerprint density at radius 2 is 0.964 bits per heavy atom. The summed E-state index contributed by atoms with van der Waals surface area (Å²) in [6.07, 6.45) is -5.20. The standard InChI is InChI=1S/C20H22O8/c21-13-5-1-11(2-6-13)19-25-9-15(23)17(27-19)18-16(24)10-26-20(28-18)12-3-7-14(22)8-4-12/h1-8,15-24H,9-10H2/t15-,16+,17-,18-,19?,20?/m1/s1. The molecule has 8 heteroatoms. The van der Waals surface area contributed by atoms with Crippen LogP contribution in [0.25, 0.3) is 0 Å². The van der Waals surface area contributed by atoms with Gasteiger partial charge in [-0.15, -0.1) is 0 Å². The molecule has 28 heavy (non-hydrogen) atoms. The van der Waals surface area contributed by atoms with Crippen molar-refractivity contribution < 1.29 is 39.4 Å². The highest BCUT2D eigenvalue weighted by atomic mass is 16.7. The van der Waals surface area contributed by atoms with Gasteiger partial charge in [0.15, 0.2) is 12.6 Å². The highest BCUT2D eigenvalue weighted by Crippen LogP contribution is 2.35. The monoisotopic (exact) mass is 390 g/mol. The van der Waals surface area contributed by atoms with Gasteiger partial charge < -0.3 is 39.4 Å². The zero-order valence-corrected chi connectivity index (χ0v) is 14.9. The van der Waals surface area contributed by atoms with Crippen molar-refractivity contribution in [3.8, 4) is 11.5 Å². The fourth-order valence-electron chi connectivity index (χ4n) is 3.31. The third-order valence-electron chi connectivity index (χ3n) is 4.81. The van der Waals surface area contributed by atoms with Crippen molar-refractivity contribution in [2.75, 3.05) is 13.2 Å². The predicted octanol–water partition coefficient (Wildman–Crippen LogP) is 1.35. The Bertz CT molecular complexity index is 710. The number of hydrogen-bond acceptors (Lipinski definition) is 8. The number of hydrogen-bond donors (Lipinski definition) is 4. The molecule has 150 valence electrons. The van der Waals surface area contributed by atoms with Crippen LogP contribution in [-0.4, -0.2) is 58.1 Å². The molecular weight excluding hydrogens is 368 g/mol. The van der Waals surface area contributed by atoms with E-state index in [1.807, 2.05) is 0 Å². The van der Waals surface area contributed by atoms with Crippen LogP contribution in [0.2, 0.25) is 0 Å². The zero-order valence-electron chi connectivity index (χ0n) is 14.9. The average molecular weight is 390 g/mol. The highest BCUT2D eigenvalue weighted by molar-refractivity contribution is 5.27. The summed E-state index contributed by atoms with van der Waals surface area (Å²) in [5.74, 6) is 0.243. The van der Waals surface area contributed by atoms with Gasteiger partial charge in [-0.05, 0) is 24.3 Å². The largest absolute Gasteiger partial charge is 0.508 e. The summed E-state index contributed by atoms with van der Waals surface area (Å²) in [5, 5.41) is 39.6. The lowest BCUT2D eigenvalue weighted by molar-refractivity contribution is -0.331. The van der Waals surface area contributed by atoms with Gasteiger partial charge in [0.1, 0.15) is 35.9 Å². The Balaban J connectivity index is 1.51. The molecule has 4 N–H and O–H groups in total. The fraction of sp³-hybridized carbons (Fsp3) is 0.400. The maximum Gasteiger partial charge on any atom is 0.184 e. The summed E-state index contributed by atoms with van der Waals surface area (Å²) in [4.78, 5) is 0. The summed E-state index contributed by atoms with van der Waals surface area (Å²) in [6.45, 7) is 0.0149. The Kier molecular flexibility index (Phi) is 5.49. The van der Waals surface area contributed by atoms with E-state index in [1.165, 1.54) is 24.3 Å². The second-order valence-corrected chi connectivity index (χ2v) is 6.85. The van der Waals surface area contributed by atoms with Crippen LogP contribution in [-0.2, 0) is 18.9 Å². The highest BCUT2D eigenvalue weighted by Gasteiger charge is 2.44. The summed E-state index contributed by atoms with van der Waals surface area (Å²) in [5.41, 5.74) is 1.35. The Hall–Kier alpha value is -2.20. The fourth-order valence-corrected chi connectivity index (χ4v) is 3.31. The third kappa shape index (κ3) is 3.97. The van der Waals surface area contributed by atoms with Gasteiger partial charge >= 0.3 is 0 Å². The molecule has 2 unspecified atom stereocenters. The summed E-state index contributed by atoms with van der Waals surface area (Å²) in [6, 6.07) is 12.7. The van der Waals surface area contributed by atoms with Gasteiger partial charge in [-0.25, -0.2) is 0 Å². The normalized spacial score (nSPS) is 33.5. The van der Waals surface area contributed by atoms with Gasteiger partial charge in [-0.1, -0.05) is 24.3 Å². The van der Waals surface area contributed by atoms with Crippen LogP contribution < -0.4 is 0 Å². The summed E-state index contributed by atoms with van der Waals surface area (Å²) < 4.78 is 22.9. The van der Waals surface area contributed by atoms with E-state index in [4.69, 9.17) is 18.9 Å². The van der Waals surface area contributed by atoms with E-state index in [0.29, 0.717) is 11.1 Å². The topological polar surface area (TPSA) is 118 Å². The second kappa shape index (κ2) is 8.04. The second-order valence-electron chi connectivity index (χ2n) is 6.85. The van der Waals surface area contributed by atoms with Gasteiger partial charge in [0, 0.05) is 11.1 Å². The molecule has 2 saturated heterocycles. The molecule has 2 heterocycles. The molecule has 2 aromatic rings. The Morgan fingerprint density at radius 3 is 1.32 bits per heavy atom. The van der Waals surface area contributed by atoms with Crippen LogP contribution in [0, 0.1) is 0 Å². The first kappa shape index (κ1) is 19.1. The van der Waals surface area contributed by atoms with Crippen LogP contribution in [0.3, 0.4) is 0 Å². The van der Waals surface area contributed by atoms with E-state index in [-0.39, 0.29) is 24.7 Å². The SMILES string of the molecule is Oc1ccc(C2OC[C@@H](O)[C@H]([C@@H]3OC(c4ccc(O)cc4)OC[C@@H]3O)O2)cc1. The van der Waals surface area contributed by atoms with Gasteiger partial charge in [0.05, 0.1) is 13.2 Å². The van der Waals surface area contributed by atoms with Crippen LogP contribution in [0.1, 0.15) is 23.7 Å². The molecule has 0 bridgehead atoms. The van der Waals surface area contributed by atoms with Crippen molar-refractivity contribution in [1.82, 2.24) is 0 Å². The van der Waals surface area contributed by atoms with Gasteiger partial charge in [0.2, 0.25) is 0 Å². The van der Waals surface area contributed by atoms with E-state index in [9.17, 15) is 20.4 Å². The molecule has 0 spiro atoms. The molecule has 8 nitrogen and oxygen atoms in total. The third-order valence-corrected chi connectivity index (χ3v) is 4.81. The minimum absolute atomic E-state index is 0.00746. The smallest absolute Gasteiger partial charge is 0.184 e. The molecule has 2 aliphatic rings. The maximum atomic E-state index is 10.4. The number of phenolic OH excluding ortho intramolecular Hbond substituents is 2. The first-order valence-corrected chi connectivity index (χ1v) is 8.99. The molecule has 2 fully saturated rings. The number of aromatic hydroxyl groups is 2. The van der Waals surface area contributed by atoms with Crippen LogP contribution in [0.5, 0.6) is 11.5 Å². The van der Waals surface area contributed by atoms with Crippen LogP contribution >= 0.6 is 0 Å². The van der Waals surface area contributed by atoms with Crippen molar-refractivity contribution in [1.29, 1.82) is 0 Å². The minimum Gasteiger partial charge on any atom is -0.508 e. The molecule has 4 rings (SSSR count). The number of aliphatic hydroxyl groups excluding tert-OH is 2. The quantitative estimate of drug-likeness (QED) is 0.620. The molecule has 0 amide bonds. The van der Waals surface area contributed by atoms with Crippen molar-refractivity contribution in [2.45, 2.75) is 37.0 Å². The number of rotatable bonds is 3. The average Bonchev–Trinajstić information content (AvgIpc) is 2.70. The lowest BCUT2D eigenvalue weighted by Crippen LogP contribution is -2.55. The Morgan fingerprint density at radius 1 is 0.607 bits per heavy atom. The van der Waals surface area contributed by atoms with Gasteiger partial charge in [0.25, 0.3) is 0 Å². The lowest BCUT2D eigenvalue weighted by atomic mass is 10.0. The van der Waals surface area contributed by atoms with E-state index >= 15 is 0 Å². The lowest BCUT2D eigenvalue weighted by Gasteiger charge is -2.43. The van der Waals surface area contributed by atoms with Gasteiger partial charge in [-0.3, -0.25) is 0 Å².